The molecule has 31 heavy (non-hydrogen) atoms. The summed E-state index contributed by atoms with van der Waals surface area (Å²) in [4.78, 5) is 35.4. The molecule has 158 valence electrons. The van der Waals surface area contributed by atoms with Gasteiger partial charge in [0.2, 0.25) is 0 Å². The van der Waals surface area contributed by atoms with E-state index < -0.39 is 17.7 Å². The maximum atomic E-state index is 13.0. The molecule has 1 atom stereocenters. The minimum absolute atomic E-state index is 0.0621. The van der Waals surface area contributed by atoms with Crippen LogP contribution >= 0.6 is 0 Å². The van der Waals surface area contributed by atoms with Gasteiger partial charge in [0.1, 0.15) is 11.5 Å². The summed E-state index contributed by atoms with van der Waals surface area (Å²) >= 11 is 0. The van der Waals surface area contributed by atoms with Gasteiger partial charge in [0.25, 0.3) is 11.7 Å². The second-order valence-corrected chi connectivity index (χ2v) is 7.16. The molecule has 1 saturated heterocycles. The average Bonchev–Trinajstić information content (AvgIpc) is 3.41. The molecule has 0 radical (unpaired) electrons. The van der Waals surface area contributed by atoms with Crippen LogP contribution in [0.15, 0.2) is 73.1 Å². The predicted octanol–water partition coefficient (Wildman–Crippen LogP) is 2.80. The number of Topliss-reactive ketones (excluding diaryl/α,β-unsaturated/α-hetero) is 1. The highest BCUT2D eigenvalue weighted by molar-refractivity contribution is 6.46. The molecule has 0 bridgehead atoms. The third-order valence-electron chi connectivity index (χ3n) is 5.28. The van der Waals surface area contributed by atoms with Crippen molar-refractivity contribution in [2.24, 2.45) is 0 Å². The lowest BCUT2D eigenvalue weighted by Crippen LogP contribution is -2.31. The Balaban J connectivity index is 1.74. The summed E-state index contributed by atoms with van der Waals surface area (Å²) in [6.07, 6.45) is 8.91. The van der Waals surface area contributed by atoms with Crippen LogP contribution in [-0.2, 0) is 16.1 Å². The molecule has 8 heteroatoms. The topological polar surface area (TPSA) is 97.5 Å². The second-order valence-electron chi connectivity index (χ2n) is 7.16. The van der Waals surface area contributed by atoms with Gasteiger partial charge in [-0.2, -0.15) is 0 Å². The molecular formula is C23H22N4O4. The molecule has 1 N–H and O–H groups in total. The lowest BCUT2D eigenvalue weighted by molar-refractivity contribution is -0.139. The van der Waals surface area contributed by atoms with E-state index in [1.807, 2.05) is 16.8 Å². The van der Waals surface area contributed by atoms with Crippen molar-refractivity contribution in [2.45, 2.75) is 19.0 Å². The third-order valence-corrected chi connectivity index (χ3v) is 5.28. The lowest BCUT2D eigenvalue weighted by Gasteiger charge is -2.25. The van der Waals surface area contributed by atoms with E-state index in [2.05, 4.69) is 9.97 Å². The number of methoxy groups -OCH3 is 1. The first-order valence-electron chi connectivity index (χ1n) is 9.88. The van der Waals surface area contributed by atoms with Crippen LogP contribution in [0.4, 0.5) is 0 Å². The average molecular weight is 418 g/mol. The smallest absolute Gasteiger partial charge is 0.295 e. The molecule has 0 saturated carbocycles. The van der Waals surface area contributed by atoms with Crippen molar-refractivity contribution < 1.29 is 19.4 Å². The number of rotatable bonds is 7. The van der Waals surface area contributed by atoms with Gasteiger partial charge in [-0.3, -0.25) is 14.6 Å². The number of aryl methyl sites for hydroxylation is 1. The second kappa shape index (κ2) is 8.83. The number of pyridine rings is 1. The number of ether oxygens (including phenoxy) is 1. The number of ketones is 1. The molecule has 1 unspecified atom stereocenters. The van der Waals surface area contributed by atoms with Crippen molar-refractivity contribution in [1.29, 1.82) is 0 Å². The summed E-state index contributed by atoms with van der Waals surface area (Å²) < 4.78 is 7.24. The highest BCUT2D eigenvalue weighted by atomic mass is 16.5. The van der Waals surface area contributed by atoms with E-state index in [1.165, 1.54) is 17.3 Å². The SMILES string of the molecule is COc1cccc(C2C(=C(O)c3ccncc3)C(=O)C(=O)N2CCCn2ccnc2)c1. The Labute approximate surface area is 179 Å². The molecule has 4 rings (SSSR count). The number of nitrogens with zero attached hydrogens (tertiary/aromatic N) is 4. The first-order valence-corrected chi connectivity index (χ1v) is 9.88. The van der Waals surface area contributed by atoms with E-state index >= 15 is 0 Å². The number of hydrogen-bond acceptors (Lipinski definition) is 6. The summed E-state index contributed by atoms with van der Waals surface area (Å²) in [5.41, 5.74) is 1.18. The minimum Gasteiger partial charge on any atom is -0.507 e. The summed E-state index contributed by atoms with van der Waals surface area (Å²) in [7, 11) is 1.55. The number of imidazole rings is 1. The molecule has 1 amide bonds. The van der Waals surface area contributed by atoms with Crippen molar-refractivity contribution in [3.63, 3.8) is 0 Å². The Morgan fingerprint density at radius 3 is 2.61 bits per heavy atom. The molecule has 1 fully saturated rings. The van der Waals surface area contributed by atoms with Gasteiger partial charge in [-0.25, -0.2) is 4.98 Å². The molecule has 1 aliphatic heterocycles. The normalized spacial score (nSPS) is 17.8. The Morgan fingerprint density at radius 1 is 1.10 bits per heavy atom. The lowest BCUT2D eigenvalue weighted by atomic mass is 9.95. The van der Waals surface area contributed by atoms with Crippen molar-refractivity contribution in [3.8, 4) is 5.75 Å². The van der Waals surface area contributed by atoms with E-state index in [4.69, 9.17) is 4.74 Å². The number of aromatic nitrogens is 3. The fourth-order valence-corrected chi connectivity index (χ4v) is 3.78. The van der Waals surface area contributed by atoms with Gasteiger partial charge in [-0.1, -0.05) is 12.1 Å². The van der Waals surface area contributed by atoms with Gasteiger partial charge in [-0.05, 0) is 36.2 Å². The number of aliphatic hydroxyl groups excluding tert-OH is 1. The van der Waals surface area contributed by atoms with E-state index in [0.29, 0.717) is 36.4 Å². The summed E-state index contributed by atoms with van der Waals surface area (Å²) in [5, 5.41) is 11.0. The van der Waals surface area contributed by atoms with E-state index in [1.54, 1.807) is 50.0 Å². The standard InChI is InChI=1S/C23H22N4O4/c1-31-18-5-2-4-17(14-18)20-19(21(28)16-6-8-24-9-7-16)22(29)23(30)27(20)12-3-11-26-13-10-25-15-26/h2,4-10,13-15,20,28H,3,11-12H2,1H3. The van der Waals surface area contributed by atoms with Crippen LogP contribution in [0.2, 0.25) is 0 Å². The van der Waals surface area contributed by atoms with Crippen molar-refractivity contribution in [1.82, 2.24) is 19.4 Å². The monoisotopic (exact) mass is 418 g/mol. The first-order chi connectivity index (χ1) is 15.1. The molecule has 0 spiro atoms. The van der Waals surface area contributed by atoms with Crippen LogP contribution in [-0.4, -0.2) is 49.9 Å². The van der Waals surface area contributed by atoms with Crippen LogP contribution in [0, 0.1) is 0 Å². The summed E-state index contributed by atoms with van der Waals surface area (Å²) in [6.45, 7) is 0.996. The molecule has 2 aromatic heterocycles. The quantitative estimate of drug-likeness (QED) is 0.360. The van der Waals surface area contributed by atoms with E-state index in [0.717, 1.165) is 0 Å². The molecule has 3 heterocycles. The zero-order chi connectivity index (χ0) is 21.8. The van der Waals surface area contributed by atoms with Crippen molar-refractivity contribution >= 4 is 17.4 Å². The van der Waals surface area contributed by atoms with Gasteiger partial charge in [0, 0.05) is 43.4 Å². The molecule has 1 aromatic carbocycles. The van der Waals surface area contributed by atoms with Crippen LogP contribution < -0.4 is 4.74 Å². The molecular weight excluding hydrogens is 396 g/mol. The summed E-state index contributed by atoms with van der Waals surface area (Å²) in [5.74, 6) is -0.949. The fraction of sp³-hybridized carbons (Fsp3) is 0.217. The van der Waals surface area contributed by atoms with Gasteiger partial charge >= 0.3 is 0 Å². The number of hydrogen-bond donors (Lipinski definition) is 1. The van der Waals surface area contributed by atoms with Gasteiger partial charge in [0.15, 0.2) is 0 Å². The van der Waals surface area contributed by atoms with Crippen LogP contribution in [0.1, 0.15) is 23.6 Å². The predicted molar refractivity (Wildman–Crippen MR) is 113 cm³/mol. The van der Waals surface area contributed by atoms with Gasteiger partial charge in [0.05, 0.1) is 25.1 Å². The van der Waals surface area contributed by atoms with Crippen LogP contribution in [0.25, 0.3) is 5.76 Å². The number of amides is 1. The highest BCUT2D eigenvalue weighted by Crippen LogP contribution is 2.40. The summed E-state index contributed by atoms with van der Waals surface area (Å²) in [6, 6.07) is 9.67. The number of likely N-dealkylation sites (tertiary alicyclic amines) is 1. The van der Waals surface area contributed by atoms with Gasteiger partial charge < -0.3 is 19.3 Å². The number of benzene rings is 1. The Kier molecular flexibility index (Phi) is 5.79. The molecule has 3 aromatic rings. The molecule has 8 nitrogen and oxygen atoms in total. The van der Waals surface area contributed by atoms with E-state index in [-0.39, 0.29) is 11.3 Å². The van der Waals surface area contributed by atoms with Crippen LogP contribution in [0.5, 0.6) is 5.75 Å². The van der Waals surface area contributed by atoms with E-state index in [9.17, 15) is 14.7 Å². The maximum Gasteiger partial charge on any atom is 0.295 e. The first kappa shape index (κ1) is 20.3. The van der Waals surface area contributed by atoms with Crippen molar-refractivity contribution in [2.75, 3.05) is 13.7 Å². The zero-order valence-corrected chi connectivity index (χ0v) is 17.0. The molecule has 0 aliphatic carbocycles. The van der Waals surface area contributed by atoms with Gasteiger partial charge in [-0.15, -0.1) is 0 Å². The Morgan fingerprint density at radius 2 is 1.90 bits per heavy atom. The number of carbonyl (C=O) groups is 2. The third kappa shape index (κ3) is 4.05. The Hall–Kier alpha value is -3.94. The largest absolute Gasteiger partial charge is 0.507 e. The van der Waals surface area contributed by atoms with Crippen molar-refractivity contribution in [3.05, 3.63) is 84.2 Å². The molecule has 1 aliphatic rings. The Bertz CT molecular complexity index is 1110. The zero-order valence-electron chi connectivity index (χ0n) is 17.0. The van der Waals surface area contributed by atoms with Crippen LogP contribution in [0.3, 0.4) is 0 Å². The number of aliphatic hydroxyl groups is 1. The number of carbonyl (C=O) groups excluding carboxylic acids is 2. The minimum atomic E-state index is -0.717. The maximum absolute atomic E-state index is 13.0. The fourth-order valence-electron chi connectivity index (χ4n) is 3.78. The highest BCUT2D eigenvalue weighted by Gasteiger charge is 2.45.